The summed E-state index contributed by atoms with van der Waals surface area (Å²) in [5.41, 5.74) is 1.40. The van der Waals surface area contributed by atoms with Gasteiger partial charge in [0.05, 0.1) is 6.54 Å². The predicted molar refractivity (Wildman–Crippen MR) is 121 cm³/mol. The van der Waals surface area contributed by atoms with Gasteiger partial charge in [0.15, 0.2) is 5.60 Å². The number of rotatable bonds is 4. The zero-order chi connectivity index (χ0) is 22.3. The Morgan fingerprint density at radius 1 is 0.875 bits per heavy atom. The van der Waals surface area contributed by atoms with E-state index in [4.69, 9.17) is 33.0 Å². The first-order valence-corrected chi connectivity index (χ1v) is 11.1. The van der Waals surface area contributed by atoms with Crippen molar-refractivity contribution in [3.8, 4) is 0 Å². The fourth-order valence-electron chi connectivity index (χ4n) is 4.55. The molecule has 2 atom stereocenters. The number of aliphatic hydroxyl groups is 1. The van der Waals surface area contributed by atoms with Crippen molar-refractivity contribution in [3.63, 3.8) is 0 Å². The van der Waals surface area contributed by atoms with Crippen LogP contribution in [0.25, 0.3) is 0 Å². The number of likely N-dealkylation sites (tertiary alicyclic amines) is 1. The van der Waals surface area contributed by atoms with Crippen LogP contribution in [0.4, 0.5) is 0 Å². The molecule has 2 saturated heterocycles. The molecule has 2 aliphatic heterocycles. The third kappa shape index (κ3) is 3.70. The van der Waals surface area contributed by atoms with E-state index < -0.39 is 17.3 Å². The Kier molecular flexibility index (Phi) is 5.48. The van der Waals surface area contributed by atoms with Crippen molar-refractivity contribution < 1.29 is 19.7 Å². The van der Waals surface area contributed by atoms with Crippen LogP contribution in [-0.4, -0.2) is 28.2 Å². The standard InChI is InChI=1S/C25H21Cl2NO4/c26-20-10-6-18(7-11-20)24(19-8-12-21(27)13-9-19)14-22-23(29)28(16-25(22,30)32-31-24)15-17-4-2-1-3-5-17/h1-13,22,30H,14-16H2/t22-,25+/m1/s1. The van der Waals surface area contributed by atoms with E-state index in [1.165, 1.54) is 0 Å². The fraction of sp³-hybridized carbons (Fsp3) is 0.240. The average Bonchev–Trinajstić information content (AvgIpc) is 3.04. The molecular formula is C25H21Cl2NO4. The van der Waals surface area contributed by atoms with Crippen molar-refractivity contribution in [2.24, 2.45) is 5.92 Å². The smallest absolute Gasteiger partial charge is 0.231 e. The molecule has 3 aromatic rings. The van der Waals surface area contributed by atoms with E-state index >= 15 is 0 Å². The van der Waals surface area contributed by atoms with E-state index in [0.717, 1.165) is 16.7 Å². The zero-order valence-electron chi connectivity index (χ0n) is 17.1. The lowest BCUT2D eigenvalue weighted by atomic mass is 9.76. The summed E-state index contributed by atoms with van der Waals surface area (Å²) in [6, 6.07) is 24.1. The molecule has 3 aromatic carbocycles. The molecule has 32 heavy (non-hydrogen) atoms. The third-order valence-corrected chi connectivity index (χ3v) is 6.73. The van der Waals surface area contributed by atoms with Gasteiger partial charge >= 0.3 is 0 Å². The molecule has 164 valence electrons. The highest BCUT2D eigenvalue weighted by Crippen LogP contribution is 2.50. The van der Waals surface area contributed by atoms with Crippen LogP contribution in [0.1, 0.15) is 23.1 Å². The summed E-state index contributed by atoms with van der Waals surface area (Å²) in [6.45, 7) is 0.416. The van der Waals surface area contributed by atoms with E-state index in [-0.39, 0.29) is 18.9 Å². The van der Waals surface area contributed by atoms with E-state index in [0.29, 0.717) is 16.6 Å². The molecule has 0 spiro atoms. The summed E-state index contributed by atoms with van der Waals surface area (Å²) in [7, 11) is 0. The Morgan fingerprint density at radius 3 is 2.00 bits per heavy atom. The van der Waals surface area contributed by atoms with Gasteiger partial charge in [-0.1, -0.05) is 77.8 Å². The van der Waals surface area contributed by atoms with Gasteiger partial charge in [-0.25, -0.2) is 4.89 Å². The molecule has 0 saturated carbocycles. The highest BCUT2D eigenvalue weighted by atomic mass is 35.5. The number of fused-ring (bicyclic) bond motifs is 1. The van der Waals surface area contributed by atoms with Crippen LogP contribution in [0.15, 0.2) is 78.9 Å². The van der Waals surface area contributed by atoms with Gasteiger partial charge in [-0.05, 0) is 41.0 Å². The van der Waals surface area contributed by atoms with Crippen LogP contribution in [0.3, 0.4) is 0 Å². The Balaban J connectivity index is 1.52. The normalized spacial score (nSPS) is 24.4. The van der Waals surface area contributed by atoms with Crippen LogP contribution >= 0.6 is 23.2 Å². The van der Waals surface area contributed by atoms with Gasteiger partial charge in [0.1, 0.15) is 5.92 Å². The zero-order valence-corrected chi connectivity index (χ0v) is 18.6. The van der Waals surface area contributed by atoms with Gasteiger partial charge in [-0.3, -0.25) is 4.79 Å². The van der Waals surface area contributed by atoms with E-state index in [9.17, 15) is 9.90 Å². The Morgan fingerprint density at radius 2 is 1.44 bits per heavy atom. The molecule has 5 rings (SSSR count). The van der Waals surface area contributed by atoms with Crippen molar-refractivity contribution in [2.75, 3.05) is 6.54 Å². The summed E-state index contributed by atoms with van der Waals surface area (Å²) in [6.07, 6.45) is 0.205. The van der Waals surface area contributed by atoms with Gasteiger partial charge in [-0.2, -0.15) is 4.89 Å². The lowest BCUT2D eigenvalue weighted by Crippen LogP contribution is -2.52. The minimum atomic E-state index is -1.73. The fourth-order valence-corrected chi connectivity index (χ4v) is 4.80. The minimum absolute atomic E-state index is 0.0305. The summed E-state index contributed by atoms with van der Waals surface area (Å²) in [5.74, 6) is -2.70. The van der Waals surface area contributed by atoms with Crippen molar-refractivity contribution in [1.29, 1.82) is 0 Å². The first-order chi connectivity index (χ1) is 15.4. The van der Waals surface area contributed by atoms with Crippen LogP contribution in [-0.2, 0) is 26.7 Å². The molecule has 2 heterocycles. The number of nitrogens with zero attached hydrogens (tertiary/aromatic N) is 1. The van der Waals surface area contributed by atoms with E-state index in [2.05, 4.69) is 0 Å². The number of benzene rings is 3. The number of amides is 1. The third-order valence-electron chi connectivity index (χ3n) is 6.23. The maximum Gasteiger partial charge on any atom is 0.231 e. The maximum absolute atomic E-state index is 13.4. The molecule has 0 aliphatic carbocycles. The minimum Gasteiger partial charge on any atom is -0.361 e. The molecule has 0 unspecified atom stereocenters. The van der Waals surface area contributed by atoms with Crippen molar-refractivity contribution in [1.82, 2.24) is 4.90 Å². The largest absolute Gasteiger partial charge is 0.361 e. The van der Waals surface area contributed by atoms with Gasteiger partial charge in [-0.15, -0.1) is 0 Å². The van der Waals surface area contributed by atoms with E-state index in [1.54, 1.807) is 29.2 Å². The Bertz CT molecular complexity index is 1080. The summed E-state index contributed by atoms with van der Waals surface area (Å²) in [5, 5.41) is 12.4. The van der Waals surface area contributed by atoms with Gasteiger partial charge in [0.2, 0.25) is 11.7 Å². The lowest BCUT2D eigenvalue weighted by Gasteiger charge is -2.43. The monoisotopic (exact) mass is 469 g/mol. The molecule has 1 amide bonds. The second-order valence-electron chi connectivity index (χ2n) is 8.29. The molecule has 2 aliphatic rings. The van der Waals surface area contributed by atoms with Gasteiger partial charge in [0.25, 0.3) is 0 Å². The van der Waals surface area contributed by atoms with Crippen molar-refractivity contribution >= 4 is 29.1 Å². The van der Waals surface area contributed by atoms with Crippen molar-refractivity contribution in [2.45, 2.75) is 24.4 Å². The second-order valence-corrected chi connectivity index (χ2v) is 9.16. The Labute approximate surface area is 196 Å². The molecular weight excluding hydrogens is 449 g/mol. The van der Waals surface area contributed by atoms with Crippen molar-refractivity contribution in [3.05, 3.63) is 106 Å². The molecule has 0 bridgehead atoms. The first kappa shape index (κ1) is 21.4. The number of carbonyl (C=O) groups is 1. The highest BCUT2D eigenvalue weighted by Gasteiger charge is 2.61. The molecule has 0 aromatic heterocycles. The van der Waals surface area contributed by atoms with Gasteiger partial charge in [0, 0.05) is 23.0 Å². The summed E-state index contributed by atoms with van der Waals surface area (Å²) in [4.78, 5) is 26.6. The van der Waals surface area contributed by atoms with Gasteiger partial charge < -0.3 is 10.0 Å². The summed E-state index contributed by atoms with van der Waals surface area (Å²) >= 11 is 12.2. The number of hydrogen-bond donors (Lipinski definition) is 1. The molecule has 5 nitrogen and oxygen atoms in total. The van der Waals surface area contributed by atoms with Crippen LogP contribution in [0.5, 0.6) is 0 Å². The average molecular weight is 470 g/mol. The van der Waals surface area contributed by atoms with Crippen LogP contribution in [0.2, 0.25) is 10.0 Å². The Hall–Kier alpha value is -2.41. The topological polar surface area (TPSA) is 59.0 Å². The molecule has 0 radical (unpaired) electrons. The summed E-state index contributed by atoms with van der Waals surface area (Å²) < 4.78 is 0. The highest BCUT2D eigenvalue weighted by molar-refractivity contribution is 6.30. The maximum atomic E-state index is 13.4. The van der Waals surface area contributed by atoms with Crippen LogP contribution < -0.4 is 0 Å². The van der Waals surface area contributed by atoms with E-state index in [1.807, 2.05) is 54.6 Å². The second kappa shape index (κ2) is 8.18. The lowest BCUT2D eigenvalue weighted by molar-refractivity contribution is -0.487. The SMILES string of the molecule is O=C1[C@H]2CC(c3ccc(Cl)cc3)(c3ccc(Cl)cc3)OO[C@@]2(O)CN1Cc1ccccc1. The number of halogens is 2. The molecule has 2 fully saturated rings. The first-order valence-electron chi connectivity index (χ1n) is 10.3. The number of hydrogen-bond acceptors (Lipinski definition) is 4. The molecule has 7 heteroatoms. The van der Waals surface area contributed by atoms with Crippen LogP contribution in [0, 0.1) is 5.92 Å². The number of carbonyl (C=O) groups excluding carboxylic acids is 1. The molecule has 1 N–H and O–H groups in total. The predicted octanol–water partition coefficient (Wildman–Crippen LogP) is 4.94. The quantitative estimate of drug-likeness (QED) is 0.549. The number of β-amino-alcohol motifs (C(OH)–C–C–N with tert-alkyl or cyclic N) is 1.